The zero-order valence-electron chi connectivity index (χ0n) is 22.0. The second-order valence-corrected chi connectivity index (χ2v) is 11.0. The Balaban J connectivity index is 1.50. The van der Waals surface area contributed by atoms with Crippen LogP contribution in [0.2, 0.25) is 0 Å². The molecule has 3 heterocycles. The molecule has 5 rings (SSSR count). The van der Waals surface area contributed by atoms with Gasteiger partial charge in [-0.05, 0) is 54.3 Å². The number of hydrogen-bond donors (Lipinski definition) is 4. The number of benzene rings is 2. The van der Waals surface area contributed by atoms with Crippen LogP contribution in [0, 0.1) is 11.7 Å². The molecule has 1 atom stereocenters. The topological polar surface area (TPSA) is 135 Å². The fourth-order valence-electron chi connectivity index (χ4n) is 4.68. The number of imidazole rings is 1. The number of hydrogen-bond acceptors (Lipinski definition) is 7. The Morgan fingerprint density at radius 3 is 2.67 bits per heavy atom. The molecular formula is C29H29FN6O3S. The molecule has 0 aliphatic rings. The van der Waals surface area contributed by atoms with Crippen molar-refractivity contribution in [3.63, 3.8) is 0 Å². The molecule has 5 aromatic rings. The number of nitrogens with two attached hydrogens (primary N) is 1. The van der Waals surface area contributed by atoms with Crippen LogP contribution in [0.4, 0.5) is 9.52 Å². The molecule has 3 aromatic heterocycles. The third-order valence-corrected chi connectivity index (χ3v) is 7.29. The van der Waals surface area contributed by atoms with Crippen LogP contribution >= 0.6 is 11.3 Å². The lowest BCUT2D eigenvalue weighted by atomic mass is 10.0. The van der Waals surface area contributed by atoms with Crippen LogP contribution in [-0.4, -0.2) is 43.9 Å². The van der Waals surface area contributed by atoms with Crippen molar-refractivity contribution in [1.29, 1.82) is 0 Å². The second-order valence-electron chi connectivity index (χ2n) is 9.95. The van der Waals surface area contributed by atoms with Gasteiger partial charge in [-0.3, -0.25) is 14.0 Å². The molecule has 0 radical (unpaired) electrons. The third kappa shape index (κ3) is 5.65. The minimum Gasteiger partial charge on any atom is -0.394 e. The highest BCUT2D eigenvalue weighted by Crippen LogP contribution is 2.28. The van der Waals surface area contributed by atoms with E-state index >= 15 is 0 Å². The van der Waals surface area contributed by atoms with Gasteiger partial charge in [-0.25, -0.2) is 14.4 Å². The summed E-state index contributed by atoms with van der Waals surface area (Å²) in [6, 6.07) is 14.2. The lowest BCUT2D eigenvalue weighted by Gasteiger charge is -2.18. The van der Waals surface area contributed by atoms with Crippen LogP contribution in [0.3, 0.4) is 0 Å². The van der Waals surface area contributed by atoms with E-state index in [0.29, 0.717) is 17.1 Å². The molecular weight excluding hydrogens is 531 g/mol. The highest BCUT2D eigenvalue weighted by molar-refractivity contribution is 7.22. The minimum atomic E-state index is -0.485. The molecule has 9 nitrogen and oxygen atoms in total. The number of thiazole rings is 1. The molecule has 0 saturated carbocycles. The largest absolute Gasteiger partial charge is 0.394 e. The van der Waals surface area contributed by atoms with Crippen LogP contribution in [0.25, 0.3) is 27.1 Å². The number of aromatic nitrogens is 3. The van der Waals surface area contributed by atoms with Gasteiger partial charge in [0.05, 0.1) is 28.4 Å². The van der Waals surface area contributed by atoms with Crippen LogP contribution in [0.15, 0.2) is 60.8 Å². The smallest absolute Gasteiger partial charge is 0.270 e. The number of amides is 2. The van der Waals surface area contributed by atoms with Gasteiger partial charge in [0.25, 0.3) is 11.8 Å². The van der Waals surface area contributed by atoms with Gasteiger partial charge < -0.3 is 21.5 Å². The summed E-state index contributed by atoms with van der Waals surface area (Å²) in [6.07, 6.45) is 2.21. The SMILES string of the molecule is CC(C)C[C@@H](CO)NC(=O)c1c(-c2cccc(F)c2)nc2c(C(=O)NCc3ccc4nc(N)sc4c3)cccn12. The average molecular weight is 561 g/mol. The van der Waals surface area contributed by atoms with Gasteiger partial charge in [-0.2, -0.15) is 0 Å². The number of pyridine rings is 1. The number of aliphatic hydroxyl groups is 1. The Kier molecular flexibility index (Phi) is 7.76. The maximum atomic E-state index is 14.2. The van der Waals surface area contributed by atoms with Gasteiger partial charge >= 0.3 is 0 Å². The normalized spacial score (nSPS) is 12.2. The maximum absolute atomic E-state index is 14.2. The molecule has 2 aromatic carbocycles. The Hall–Kier alpha value is -4.35. The summed E-state index contributed by atoms with van der Waals surface area (Å²) in [6.45, 7) is 4.02. The average Bonchev–Trinajstić information content (AvgIpc) is 3.50. The van der Waals surface area contributed by atoms with E-state index in [0.717, 1.165) is 15.8 Å². The number of rotatable bonds is 9. The maximum Gasteiger partial charge on any atom is 0.270 e. The predicted octanol–water partition coefficient (Wildman–Crippen LogP) is 4.40. The number of anilines is 1. The molecule has 0 spiro atoms. The molecule has 0 saturated heterocycles. The monoisotopic (exact) mass is 560 g/mol. The summed E-state index contributed by atoms with van der Waals surface area (Å²) in [4.78, 5) is 35.8. The van der Waals surface area contributed by atoms with Crippen LogP contribution in [0.5, 0.6) is 0 Å². The Bertz CT molecular complexity index is 1710. The summed E-state index contributed by atoms with van der Waals surface area (Å²) < 4.78 is 16.6. The first-order valence-electron chi connectivity index (χ1n) is 12.9. The third-order valence-electron chi connectivity index (χ3n) is 6.44. The van der Waals surface area contributed by atoms with Crippen LogP contribution in [-0.2, 0) is 6.54 Å². The van der Waals surface area contributed by atoms with Crippen molar-refractivity contribution >= 4 is 44.1 Å². The lowest BCUT2D eigenvalue weighted by molar-refractivity contribution is 0.0901. The first-order chi connectivity index (χ1) is 19.2. The Morgan fingerprint density at radius 2 is 1.93 bits per heavy atom. The molecule has 0 aliphatic heterocycles. The molecule has 2 amide bonds. The van der Waals surface area contributed by atoms with Crippen molar-refractivity contribution in [2.75, 3.05) is 12.3 Å². The standard InChI is InChI=1S/C29H29FN6O3S/c1-16(2)11-20(15-37)33-28(39)25-24(18-5-3-6-19(30)13-18)35-26-21(7-4-10-36(25)26)27(38)32-14-17-8-9-22-23(12-17)40-29(31)34-22/h3-10,12-13,16,20,37H,11,14-15H2,1-2H3,(H2,31,34)(H,32,38)(H,33,39)/t20-/m0/s1. The Labute approximate surface area is 233 Å². The van der Waals surface area contributed by atoms with E-state index in [1.807, 2.05) is 32.0 Å². The van der Waals surface area contributed by atoms with Crippen molar-refractivity contribution in [3.8, 4) is 11.3 Å². The van der Waals surface area contributed by atoms with Crippen molar-refractivity contribution in [2.24, 2.45) is 5.92 Å². The summed E-state index contributed by atoms with van der Waals surface area (Å²) in [5, 5.41) is 16.1. The van der Waals surface area contributed by atoms with E-state index in [1.54, 1.807) is 24.4 Å². The molecule has 0 bridgehead atoms. The second kappa shape index (κ2) is 11.4. The van der Waals surface area contributed by atoms with Gasteiger partial charge in [0.2, 0.25) is 0 Å². The van der Waals surface area contributed by atoms with Crippen molar-refractivity contribution < 1.29 is 19.1 Å². The van der Waals surface area contributed by atoms with E-state index < -0.39 is 17.8 Å². The van der Waals surface area contributed by atoms with E-state index in [2.05, 4.69) is 20.6 Å². The summed E-state index contributed by atoms with van der Waals surface area (Å²) in [5.74, 6) is -1.11. The van der Waals surface area contributed by atoms with Crippen LogP contribution in [0.1, 0.15) is 46.7 Å². The fraction of sp³-hybridized carbons (Fsp3) is 0.241. The summed E-state index contributed by atoms with van der Waals surface area (Å²) in [7, 11) is 0. The van der Waals surface area contributed by atoms with Crippen molar-refractivity contribution in [3.05, 3.63) is 83.4 Å². The van der Waals surface area contributed by atoms with E-state index in [-0.39, 0.29) is 47.6 Å². The molecule has 206 valence electrons. The number of fused-ring (bicyclic) bond motifs is 2. The molecule has 0 unspecified atom stereocenters. The van der Waals surface area contributed by atoms with Crippen molar-refractivity contribution in [2.45, 2.75) is 32.9 Å². The zero-order chi connectivity index (χ0) is 28.4. The number of halogens is 1. The zero-order valence-corrected chi connectivity index (χ0v) is 22.8. The molecule has 0 fully saturated rings. The molecule has 5 N–H and O–H groups in total. The Morgan fingerprint density at radius 1 is 1.10 bits per heavy atom. The van der Waals surface area contributed by atoms with Gasteiger partial charge in [-0.15, -0.1) is 0 Å². The number of nitrogen functional groups attached to an aromatic ring is 1. The number of carbonyl (C=O) groups excluding carboxylic acids is 2. The van der Waals surface area contributed by atoms with E-state index in [4.69, 9.17) is 5.73 Å². The highest BCUT2D eigenvalue weighted by atomic mass is 32.1. The highest BCUT2D eigenvalue weighted by Gasteiger charge is 2.26. The molecule has 11 heteroatoms. The van der Waals surface area contributed by atoms with E-state index in [9.17, 15) is 19.1 Å². The predicted molar refractivity (Wildman–Crippen MR) is 154 cm³/mol. The first-order valence-corrected chi connectivity index (χ1v) is 13.7. The van der Waals surface area contributed by atoms with E-state index in [1.165, 1.54) is 33.9 Å². The summed E-state index contributed by atoms with van der Waals surface area (Å²) >= 11 is 1.37. The number of aliphatic hydroxyl groups excluding tert-OH is 1. The lowest BCUT2D eigenvalue weighted by Crippen LogP contribution is -2.39. The van der Waals surface area contributed by atoms with Crippen LogP contribution < -0.4 is 16.4 Å². The number of nitrogens with zero attached hydrogens (tertiary/aromatic N) is 3. The summed E-state index contributed by atoms with van der Waals surface area (Å²) in [5.41, 5.74) is 8.74. The fourth-order valence-corrected chi connectivity index (χ4v) is 5.47. The number of nitrogens with one attached hydrogen (secondary N) is 2. The first kappa shape index (κ1) is 27.2. The molecule has 0 aliphatic carbocycles. The van der Waals surface area contributed by atoms with Gasteiger partial charge in [0.15, 0.2) is 10.8 Å². The van der Waals surface area contributed by atoms with Gasteiger partial charge in [0.1, 0.15) is 17.2 Å². The minimum absolute atomic E-state index is 0.144. The van der Waals surface area contributed by atoms with Crippen molar-refractivity contribution in [1.82, 2.24) is 25.0 Å². The van der Waals surface area contributed by atoms with Gasteiger partial charge in [-0.1, -0.05) is 43.4 Å². The molecule has 40 heavy (non-hydrogen) atoms. The van der Waals surface area contributed by atoms with Gasteiger partial charge in [0, 0.05) is 18.3 Å². The number of carbonyl (C=O) groups is 2. The quantitative estimate of drug-likeness (QED) is 0.211.